The van der Waals surface area contributed by atoms with E-state index in [2.05, 4.69) is 94.1 Å². The van der Waals surface area contributed by atoms with Gasteiger partial charge in [-0.1, -0.05) is 107 Å². The summed E-state index contributed by atoms with van der Waals surface area (Å²) in [4.78, 5) is 2.16. The highest BCUT2D eigenvalue weighted by Gasteiger charge is 2.37. The molecule has 3 aromatic carbocycles. The number of fused-ring (bicyclic) bond motifs is 4. The lowest BCUT2D eigenvalue weighted by Crippen LogP contribution is -2.30. The molecule has 6 rings (SSSR count). The first-order valence-electron chi connectivity index (χ1n) is 14.4. The van der Waals surface area contributed by atoms with Crippen LogP contribution in [0.2, 0.25) is 0 Å². The highest BCUT2D eigenvalue weighted by atomic mass is 16.3. The Bertz CT molecular complexity index is 2160. The van der Waals surface area contributed by atoms with Crippen LogP contribution in [0.25, 0.3) is 51.9 Å². The monoisotopic (exact) mass is 561 g/mol. The van der Waals surface area contributed by atoms with Crippen LogP contribution in [0, 0.1) is 0 Å². The van der Waals surface area contributed by atoms with Crippen molar-refractivity contribution in [1.29, 1.82) is 0 Å². The summed E-state index contributed by atoms with van der Waals surface area (Å²) in [6.07, 6.45) is 11.4. The topological polar surface area (TPSA) is 29.5 Å². The van der Waals surface area contributed by atoms with Crippen molar-refractivity contribution in [2.24, 2.45) is 0 Å². The molecule has 0 saturated carbocycles. The molecular weight excluding hydrogens is 526 g/mol. The van der Waals surface area contributed by atoms with Gasteiger partial charge in [0.2, 0.25) is 0 Å². The molecule has 3 nitrogen and oxygen atoms in total. The molecule has 0 atom stereocenters. The van der Waals surface area contributed by atoms with Crippen molar-refractivity contribution in [2.75, 3.05) is 4.90 Å². The number of allylic oxidation sites excluding steroid dienone is 5. The summed E-state index contributed by atoms with van der Waals surface area (Å²) in [7, 11) is 0. The first kappa shape index (κ1) is 27.9. The molecule has 2 heterocycles. The number of hydrogen-bond donors (Lipinski definition) is 0. The van der Waals surface area contributed by atoms with E-state index in [0.29, 0.717) is 11.2 Å². The molecule has 0 spiro atoms. The van der Waals surface area contributed by atoms with Gasteiger partial charge in [-0.25, -0.2) is 0 Å². The molecule has 0 unspecified atom stereocenters. The van der Waals surface area contributed by atoms with E-state index in [0.717, 1.165) is 66.5 Å². The Morgan fingerprint density at radius 3 is 2.40 bits per heavy atom. The molecule has 1 aliphatic rings. The molecule has 0 N–H and O–H groups in total. The van der Waals surface area contributed by atoms with Crippen LogP contribution in [0.3, 0.4) is 0 Å². The Labute approximate surface area is 252 Å². The second kappa shape index (κ2) is 10.5. The van der Waals surface area contributed by atoms with E-state index in [4.69, 9.17) is 8.83 Å². The summed E-state index contributed by atoms with van der Waals surface area (Å²) in [6.45, 7) is 27.5. The average molecular weight is 562 g/mol. The van der Waals surface area contributed by atoms with Gasteiger partial charge in [-0.2, -0.15) is 0 Å². The third-order valence-corrected chi connectivity index (χ3v) is 8.48. The van der Waals surface area contributed by atoms with Gasteiger partial charge in [0.15, 0.2) is 11.0 Å². The molecule has 0 fully saturated rings. The summed E-state index contributed by atoms with van der Waals surface area (Å²) in [5.41, 5.74) is 9.89. The first-order chi connectivity index (χ1) is 20.8. The van der Waals surface area contributed by atoms with E-state index >= 15 is 0 Å². The second-order valence-electron chi connectivity index (χ2n) is 11.2. The van der Waals surface area contributed by atoms with Gasteiger partial charge in [0.1, 0.15) is 11.3 Å². The Kier molecular flexibility index (Phi) is 6.82. The van der Waals surface area contributed by atoms with Gasteiger partial charge in [0.25, 0.3) is 0 Å². The zero-order valence-corrected chi connectivity index (χ0v) is 25.0. The zero-order valence-electron chi connectivity index (χ0n) is 25.0. The van der Waals surface area contributed by atoms with Crippen LogP contribution in [-0.2, 0) is 5.41 Å². The van der Waals surface area contributed by atoms with E-state index in [1.807, 2.05) is 55.5 Å². The molecular formula is C40H35NO2. The van der Waals surface area contributed by atoms with Gasteiger partial charge >= 0.3 is 0 Å². The molecule has 0 saturated heterocycles. The predicted octanol–water partition coefficient (Wildman–Crippen LogP) is 9.81. The van der Waals surface area contributed by atoms with Crippen LogP contribution in [0.5, 0.6) is 0 Å². The molecule has 0 radical (unpaired) electrons. The number of hydrogen-bond acceptors (Lipinski definition) is 3. The van der Waals surface area contributed by atoms with Gasteiger partial charge in [-0.05, 0) is 65.6 Å². The van der Waals surface area contributed by atoms with Crippen molar-refractivity contribution < 1.29 is 8.83 Å². The van der Waals surface area contributed by atoms with Crippen LogP contribution in [0.15, 0.2) is 126 Å². The predicted molar refractivity (Wildman–Crippen MR) is 185 cm³/mol. The van der Waals surface area contributed by atoms with Crippen molar-refractivity contribution >= 4 is 63.3 Å². The maximum atomic E-state index is 6.54. The van der Waals surface area contributed by atoms with Crippen LogP contribution < -0.4 is 15.5 Å². The van der Waals surface area contributed by atoms with Gasteiger partial charge in [-0.3, -0.25) is 0 Å². The van der Waals surface area contributed by atoms with Gasteiger partial charge in [0, 0.05) is 32.7 Å². The van der Waals surface area contributed by atoms with E-state index in [9.17, 15) is 0 Å². The quantitative estimate of drug-likeness (QED) is 0.198. The maximum absolute atomic E-state index is 6.54. The highest BCUT2D eigenvalue weighted by Crippen LogP contribution is 2.51. The Balaban J connectivity index is 1.73. The van der Waals surface area contributed by atoms with E-state index in [1.165, 1.54) is 5.56 Å². The third kappa shape index (κ3) is 4.20. The number of furan rings is 2. The Hall–Kier alpha value is -5.28. The zero-order chi connectivity index (χ0) is 30.5. The molecule has 3 heteroatoms. The van der Waals surface area contributed by atoms with Gasteiger partial charge in [-0.15, -0.1) is 0 Å². The lowest BCUT2D eigenvalue weighted by molar-refractivity contribution is 0.518. The van der Waals surface area contributed by atoms with Gasteiger partial charge in [0.05, 0.1) is 11.4 Å². The molecule has 2 aromatic heterocycles. The summed E-state index contributed by atoms with van der Waals surface area (Å²) in [6, 6.07) is 20.9. The summed E-state index contributed by atoms with van der Waals surface area (Å²) in [5.74, 6) is 0.657. The van der Waals surface area contributed by atoms with Crippen molar-refractivity contribution in [3.63, 3.8) is 0 Å². The first-order valence-corrected chi connectivity index (χ1v) is 14.4. The minimum atomic E-state index is -0.275. The number of anilines is 2. The third-order valence-electron chi connectivity index (χ3n) is 8.48. The minimum absolute atomic E-state index is 0.275. The highest BCUT2D eigenvalue weighted by molar-refractivity contribution is 6.11. The fourth-order valence-corrected chi connectivity index (χ4v) is 6.20. The fraction of sp³-hybridized carbons (Fsp3) is 0.100. The number of rotatable bonds is 7. The molecule has 1 aliphatic carbocycles. The normalized spacial score (nSPS) is 15.8. The van der Waals surface area contributed by atoms with Crippen LogP contribution in [-0.4, -0.2) is 0 Å². The molecule has 0 aliphatic heterocycles. The lowest BCUT2D eigenvalue weighted by Gasteiger charge is -2.28. The SMILES string of the molecule is C=C/C=C1\C(=C)C(C)(C)c2cc(N(/C(C=C)=c3\oc(C=C)c(/C=C\C)c3=C)c3cccc4c3oc3ccccc34)ccc21. The van der Waals surface area contributed by atoms with Crippen LogP contribution in [0.1, 0.15) is 43.2 Å². The maximum Gasteiger partial charge on any atom is 0.159 e. The molecule has 0 bridgehead atoms. The lowest BCUT2D eigenvalue weighted by atomic mass is 9.83. The molecule has 43 heavy (non-hydrogen) atoms. The summed E-state index contributed by atoms with van der Waals surface area (Å²) in [5, 5.41) is 2.85. The van der Waals surface area contributed by atoms with Crippen molar-refractivity contribution in [3.8, 4) is 0 Å². The summed E-state index contributed by atoms with van der Waals surface area (Å²) < 4.78 is 13.0. The molecule has 0 amide bonds. The van der Waals surface area contributed by atoms with Crippen molar-refractivity contribution in [2.45, 2.75) is 26.2 Å². The number of benzene rings is 3. The smallest absolute Gasteiger partial charge is 0.159 e. The van der Waals surface area contributed by atoms with Crippen molar-refractivity contribution in [1.82, 2.24) is 0 Å². The second-order valence-corrected chi connectivity index (χ2v) is 11.2. The Morgan fingerprint density at radius 2 is 1.67 bits per heavy atom. The van der Waals surface area contributed by atoms with Crippen LogP contribution >= 0.6 is 0 Å². The van der Waals surface area contributed by atoms with E-state index < -0.39 is 0 Å². The van der Waals surface area contributed by atoms with Crippen molar-refractivity contribution in [3.05, 3.63) is 150 Å². The van der Waals surface area contributed by atoms with E-state index in [-0.39, 0.29) is 5.41 Å². The van der Waals surface area contributed by atoms with Gasteiger partial charge < -0.3 is 13.7 Å². The molecule has 212 valence electrons. The fourth-order valence-electron chi connectivity index (χ4n) is 6.20. The Morgan fingerprint density at radius 1 is 0.907 bits per heavy atom. The number of para-hydroxylation sites is 2. The standard InChI is InChI=1S/C40H35NO2/c1-9-16-28-25(5)38(42-36(28)12-4)34(11-3)41(35-20-15-19-32-31-18-13-14-21-37(31)43-39(32)35)27-22-23-30-29(17-10-2)26(6)40(7,8)33(30)24-27/h9-24H,2-6H2,1,7-8H3/b16-9-,29-17+,38-34-. The number of nitrogens with zero attached hydrogens (tertiary/aromatic N) is 1. The minimum Gasteiger partial charge on any atom is -0.454 e. The van der Waals surface area contributed by atoms with Crippen LogP contribution in [0.4, 0.5) is 11.4 Å². The molecule has 5 aromatic rings. The average Bonchev–Trinajstić information content (AvgIpc) is 3.61. The summed E-state index contributed by atoms with van der Waals surface area (Å²) >= 11 is 0. The largest absolute Gasteiger partial charge is 0.454 e. The van der Waals surface area contributed by atoms with E-state index in [1.54, 1.807) is 6.08 Å².